The van der Waals surface area contributed by atoms with Gasteiger partial charge in [0.2, 0.25) is 0 Å². The maximum absolute atomic E-state index is 2.55. The lowest BCUT2D eigenvalue weighted by Crippen LogP contribution is -2.25. The molecule has 0 saturated carbocycles. The Kier molecular flexibility index (Phi) is 5.54. The zero-order valence-corrected chi connectivity index (χ0v) is 30.0. The summed E-state index contributed by atoms with van der Waals surface area (Å²) >= 11 is 1.94. The molecule has 0 radical (unpaired) electrons. The largest absolute Gasteiger partial charge is 0.135 e. The van der Waals surface area contributed by atoms with Crippen molar-refractivity contribution in [1.82, 2.24) is 0 Å². The Balaban J connectivity index is 1.12. The Labute approximate surface area is 316 Å². The molecule has 2 aliphatic carbocycles. The van der Waals surface area contributed by atoms with E-state index < -0.39 is 5.41 Å². The molecule has 0 N–H and O–H groups in total. The van der Waals surface area contributed by atoms with E-state index in [-0.39, 0.29) is 0 Å². The first-order valence-corrected chi connectivity index (χ1v) is 19.7. The minimum Gasteiger partial charge on any atom is -0.135 e. The summed E-state index contributed by atoms with van der Waals surface area (Å²) in [6, 6.07) is 68.9. The highest BCUT2D eigenvalue weighted by Crippen LogP contribution is 2.65. The van der Waals surface area contributed by atoms with Crippen LogP contribution >= 0.6 is 11.3 Å². The molecule has 13 rings (SSSR count). The lowest BCUT2D eigenvalue weighted by molar-refractivity contribution is 0.795. The van der Waals surface area contributed by atoms with Crippen LogP contribution in [0.25, 0.3) is 97.0 Å². The predicted molar refractivity (Wildman–Crippen MR) is 230 cm³/mol. The van der Waals surface area contributed by atoms with Crippen molar-refractivity contribution in [3.05, 3.63) is 204 Å². The van der Waals surface area contributed by atoms with Gasteiger partial charge in [-0.25, -0.2) is 0 Å². The second-order valence-electron chi connectivity index (χ2n) is 15.1. The Hall–Kier alpha value is -6.54. The molecule has 0 aliphatic heterocycles. The van der Waals surface area contributed by atoms with Gasteiger partial charge >= 0.3 is 0 Å². The average molecular weight is 699 g/mol. The summed E-state index contributed by atoms with van der Waals surface area (Å²) in [5.74, 6) is 0. The summed E-state index contributed by atoms with van der Waals surface area (Å²) in [5, 5.41) is 10.6. The third kappa shape index (κ3) is 3.49. The van der Waals surface area contributed by atoms with E-state index >= 15 is 0 Å². The van der Waals surface area contributed by atoms with Gasteiger partial charge in [-0.2, -0.15) is 0 Å². The van der Waals surface area contributed by atoms with Crippen molar-refractivity contribution < 1.29 is 0 Å². The molecule has 11 aromatic rings. The number of fused-ring (bicyclic) bond motifs is 14. The second-order valence-corrected chi connectivity index (χ2v) is 16.1. The van der Waals surface area contributed by atoms with Crippen molar-refractivity contribution in [3.8, 4) is 44.5 Å². The van der Waals surface area contributed by atoms with Gasteiger partial charge < -0.3 is 0 Å². The van der Waals surface area contributed by atoms with Crippen molar-refractivity contribution in [3.63, 3.8) is 0 Å². The van der Waals surface area contributed by atoms with Crippen LogP contribution in [0.3, 0.4) is 0 Å². The van der Waals surface area contributed by atoms with Crippen LogP contribution in [-0.4, -0.2) is 0 Å². The fourth-order valence-corrected chi connectivity index (χ4v) is 11.8. The Morgan fingerprint density at radius 3 is 1.63 bits per heavy atom. The fourth-order valence-electron chi connectivity index (χ4n) is 10.5. The summed E-state index contributed by atoms with van der Waals surface area (Å²) in [6.07, 6.45) is 0. The van der Waals surface area contributed by atoms with Crippen molar-refractivity contribution in [2.24, 2.45) is 0 Å². The van der Waals surface area contributed by atoms with Gasteiger partial charge in [0.25, 0.3) is 0 Å². The third-order valence-electron chi connectivity index (χ3n) is 12.7. The smallest absolute Gasteiger partial charge is 0.0726 e. The third-order valence-corrected chi connectivity index (χ3v) is 13.9. The van der Waals surface area contributed by atoms with Crippen LogP contribution in [0.5, 0.6) is 0 Å². The number of benzene rings is 10. The molecular weight excluding hydrogens is 669 g/mol. The fraction of sp³-hybridized carbons (Fsp3) is 0.0189. The van der Waals surface area contributed by atoms with Crippen LogP contribution in [0.4, 0.5) is 0 Å². The van der Waals surface area contributed by atoms with Gasteiger partial charge in [0, 0.05) is 25.7 Å². The number of hydrogen-bond donors (Lipinski definition) is 0. The molecule has 1 heteroatoms. The van der Waals surface area contributed by atoms with Gasteiger partial charge in [-0.15, -0.1) is 11.3 Å². The van der Waals surface area contributed by atoms with Gasteiger partial charge in [-0.3, -0.25) is 0 Å². The Bertz CT molecular complexity index is 3330. The normalized spacial score (nSPS) is 13.7. The summed E-state index contributed by atoms with van der Waals surface area (Å²) in [4.78, 5) is 0. The maximum atomic E-state index is 2.55. The van der Waals surface area contributed by atoms with Crippen LogP contribution in [-0.2, 0) is 5.41 Å². The molecule has 0 fully saturated rings. The minimum atomic E-state index is -0.410. The number of thiophene rings is 1. The molecular formula is C53H30S. The van der Waals surface area contributed by atoms with E-state index in [4.69, 9.17) is 0 Å². The standard InChI is InChI=1S/C53H30S/c1-2-10-31(11-3-1)35-23-18-32-21-26-41-36(24-19-33-20-25-40(35)49(32)50(33)41)34-22-27-43-47(30-34)53(44-15-7-4-12-37(44)38-13-5-8-16-45(38)53)46-29-28-42-39-14-6-9-17-48(39)54-52(42)51(43)46/h1-30H. The van der Waals surface area contributed by atoms with E-state index in [0.717, 1.165) is 0 Å². The van der Waals surface area contributed by atoms with Crippen molar-refractivity contribution in [1.29, 1.82) is 0 Å². The first-order valence-electron chi connectivity index (χ1n) is 18.8. The molecule has 0 atom stereocenters. The van der Waals surface area contributed by atoms with Gasteiger partial charge in [0.05, 0.1) is 5.41 Å². The monoisotopic (exact) mass is 698 g/mol. The first-order chi connectivity index (χ1) is 26.8. The van der Waals surface area contributed by atoms with E-state index in [0.29, 0.717) is 0 Å². The van der Waals surface area contributed by atoms with E-state index in [1.54, 1.807) is 0 Å². The lowest BCUT2D eigenvalue weighted by Gasteiger charge is -2.30. The second kappa shape index (κ2) is 10.3. The summed E-state index contributed by atoms with van der Waals surface area (Å²) in [7, 11) is 0. The summed E-state index contributed by atoms with van der Waals surface area (Å²) in [5.41, 5.74) is 15.6. The molecule has 1 heterocycles. The van der Waals surface area contributed by atoms with Crippen molar-refractivity contribution in [2.75, 3.05) is 0 Å². The van der Waals surface area contributed by atoms with Crippen LogP contribution in [0.2, 0.25) is 0 Å². The van der Waals surface area contributed by atoms with Gasteiger partial charge in [0.15, 0.2) is 0 Å². The topological polar surface area (TPSA) is 0 Å². The molecule has 2 aliphatic rings. The summed E-state index contributed by atoms with van der Waals surface area (Å²) < 4.78 is 2.73. The van der Waals surface area contributed by atoms with Crippen molar-refractivity contribution in [2.45, 2.75) is 5.41 Å². The van der Waals surface area contributed by atoms with Gasteiger partial charge in [0.1, 0.15) is 0 Å². The predicted octanol–water partition coefficient (Wildman–Crippen LogP) is 14.6. The quantitative estimate of drug-likeness (QED) is 0.158. The van der Waals surface area contributed by atoms with Crippen LogP contribution in [0, 0.1) is 0 Å². The number of hydrogen-bond acceptors (Lipinski definition) is 1. The zero-order chi connectivity index (χ0) is 35.1. The minimum absolute atomic E-state index is 0.410. The number of rotatable bonds is 2. The summed E-state index contributed by atoms with van der Waals surface area (Å²) in [6.45, 7) is 0. The van der Waals surface area contributed by atoms with E-state index in [1.165, 1.54) is 119 Å². The molecule has 1 aromatic heterocycles. The maximum Gasteiger partial charge on any atom is 0.0726 e. The first kappa shape index (κ1) is 29.0. The molecule has 1 spiro atoms. The SMILES string of the molecule is c1ccc(-c2ccc3ccc4c(-c5ccc6c(c5)C5(c7ccccc7-c7ccccc75)c5ccc7c(sc8ccccc87)c5-6)ccc5ccc2c3c54)cc1. The Morgan fingerprint density at radius 2 is 0.907 bits per heavy atom. The molecule has 54 heavy (non-hydrogen) atoms. The molecule has 0 bridgehead atoms. The van der Waals surface area contributed by atoms with Crippen LogP contribution in [0.1, 0.15) is 22.3 Å². The molecule has 0 saturated heterocycles. The van der Waals surface area contributed by atoms with Crippen LogP contribution in [0.15, 0.2) is 182 Å². The zero-order valence-electron chi connectivity index (χ0n) is 29.2. The molecule has 0 amide bonds. The van der Waals surface area contributed by atoms with Crippen molar-refractivity contribution >= 4 is 63.8 Å². The molecule has 0 unspecified atom stereocenters. The lowest BCUT2D eigenvalue weighted by atomic mass is 9.70. The van der Waals surface area contributed by atoms with E-state index in [1.807, 2.05) is 11.3 Å². The molecule has 248 valence electrons. The van der Waals surface area contributed by atoms with Gasteiger partial charge in [-0.1, -0.05) is 170 Å². The Morgan fingerprint density at radius 1 is 0.333 bits per heavy atom. The molecule has 10 aromatic carbocycles. The van der Waals surface area contributed by atoms with Gasteiger partial charge in [-0.05, 0) is 106 Å². The van der Waals surface area contributed by atoms with Crippen LogP contribution < -0.4 is 0 Å². The highest BCUT2D eigenvalue weighted by molar-refractivity contribution is 7.26. The van der Waals surface area contributed by atoms with E-state index in [9.17, 15) is 0 Å². The van der Waals surface area contributed by atoms with E-state index in [2.05, 4.69) is 182 Å². The highest BCUT2D eigenvalue weighted by Gasteiger charge is 2.52. The highest BCUT2D eigenvalue weighted by atomic mass is 32.1. The molecule has 0 nitrogen and oxygen atoms in total. The average Bonchev–Trinajstić information content (AvgIpc) is 3.87.